The molecule has 0 unspecified atom stereocenters. The largest absolute Gasteiger partial charge is 1.00 e. The maximum absolute atomic E-state index is 10.8. The Balaban J connectivity index is 0. The number of hydrogen-bond donors (Lipinski definition) is 1. The molecular weight excluding hydrogens is 325 g/mol. The van der Waals surface area contributed by atoms with Crippen molar-refractivity contribution in [1.82, 2.24) is 5.32 Å². The van der Waals surface area contributed by atoms with Gasteiger partial charge < -0.3 is 14.6 Å². The van der Waals surface area contributed by atoms with E-state index >= 15 is 0 Å². The van der Waals surface area contributed by atoms with Crippen molar-refractivity contribution >= 4 is 44.7 Å². The summed E-state index contributed by atoms with van der Waals surface area (Å²) in [6, 6.07) is 0. The molecule has 0 aliphatic heterocycles. The zero-order chi connectivity index (χ0) is 14.0. The summed E-state index contributed by atoms with van der Waals surface area (Å²) in [4.78, 5) is 10.8. The maximum Gasteiger partial charge on any atom is 1.00 e. The Morgan fingerprint density at radius 2 is 2.11 bits per heavy atom. The van der Waals surface area contributed by atoms with Crippen molar-refractivity contribution in [3.63, 3.8) is 0 Å². The van der Waals surface area contributed by atoms with Gasteiger partial charge >= 0.3 is 35.5 Å². The molecule has 0 aromatic heterocycles. The van der Waals surface area contributed by atoms with E-state index in [1.54, 1.807) is 0 Å². The second kappa shape index (κ2) is 12.3. The van der Waals surface area contributed by atoms with Crippen molar-refractivity contribution in [1.29, 1.82) is 0 Å². The molecule has 0 aromatic rings. The fraction of sp³-hybridized carbons (Fsp3) is 0.750. The van der Waals surface area contributed by atoms with E-state index in [2.05, 4.69) is 14.2 Å². The molecule has 0 aliphatic rings. The number of ether oxygens (including phenoxy) is 1. The topological polar surface area (TPSA) is 105 Å². The number of esters is 1. The summed E-state index contributed by atoms with van der Waals surface area (Å²) >= 11 is 6.22. The molecule has 0 rings (SSSR count). The SMILES string of the molecule is COC(=O)CCNC(=S)SCCCOS(=O)(=O)[O-].[Na+]. The van der Waals surface area contributed by atoms with Crippen LogP contribution in [0.3, 0.4) is 0 Å². The standard InChI is InChI=1S/C8H15NO6S3.Na/c1-14-7(10)3-4-9-8(16)17-6-2-5-15-18(11,12)13;/h2-6H2,1H3,(H,9,16)(H,11,12,13);/q;+1/p-1. The molecule has 0 amide bonds. The molecule has 7 nitrogen and oxygen atoms in total. The van der Waals surface area contributed by atoms with Gasteiger partial charge in [-0.1, -0.05) is 24.0 Å². The van der Waals surface area contributed by atoms with Crippen molar-refractivity contribution in [2.75, 3.05) is 26.0 Å². The Kier molecular flexibility index (Phi) is 14.2. The normalized spacial score (nSPS) is 10.4. The summed E-state index contributed by atoms with van der Waals surface area (Å²) in [5, 5.41) is 2.83. The van der Waals surface area contributed by atoms with Gasteiger partial charge in [0.05, 0.1) is 20.1 Å². The molecule has 0 aliphatic carbocycles. The zero-order valence-corrected chi connectivity index (χ0v) is 15.2. The third kappa shape index (κ3) is 16.5. The minimum Gasteiger partial charge on any atom is -0.726 e. The van der Waals surface area contributed by atoms with Gasteiger partial charge in [0.2, 0.25) is 10.4 Å². The van der Waals surface area contributed by atoms with Gasteiger partial charge in [-0.3, -0.25) is 8.98 Å². The first kappa shape index (κ1) is 21.9. The molecule has 106 valence electrons. The Labute approximate surface area is 144 Å². The van der Waals surface area contributed by atoms with Gasteiger partial charge in [0.15, 0.2) is 0 Å². The number of carbonyl (C=O) groups excluding carboxylic acids is 1. The van der Waals surface area contributed by atoms with E-state index in [0.29, 0.717) is 23.0 Å². The van der Waals surface area contributed by atoms with Crippen molar-refractivity contribution in [3.8, 4) is 0 Å². The number of thioether (sulfide) groups is 1. The number of hydrogen-bond acceptors (Lipinski definition) is 8. The van der Waals surface area contributed by atoms with Crippen LogP contribution in [0.1, 0.15) is 12.8 Å². The molecule has 0 fully saturated rings. The van der Waals surface area contributed by atoms with Crippen molar-refractivity contribution < 1.29 is 56.2 Å². The van der Waals surface area contributed by atoms with Gasteiger partial charge in [0.25, 0.3) is 0 Å². The molecule has 0 aromatic carbocycles. The molecule has 0 bridgehead atoms. The Morgan fingerprint density at radius 3 is 2.63 bits per heavy atom. The first-order valence-electron chi connectivity index (χ1n) is 4.93. The zero-order valence-electron chi connectivity index (χ0n) is 10.7. The average molecular weight is 339 g/mol. The van der Waals surface area contributed by atoms with Gasteiger partial charge in [-0.2, -0.15) is 0 Å². The van der Waals surface area contributed by atoms with E-state index in [1.165, 1.54) is 18.9 Å². The average Bonchev–Trinajstić information content (AvgIpc) is 2.26. The predicted molar refractivity (Wildman–Crippen MR) is 70.0 cm³/mol. The monoisotopic (exact) mass is 339 g/mol. The van der Waals surface area contributed by atoms with Gasteiger partial charge in [0.1, 0.15) is 4.32 Å². The van der Waals surface area contributed by atoms with E-state index in [1.807, 2.05) is 0 Å². The van der Waals surface area contributed by atoms with Crippen LogP contribution in [0.5, 0.6) is 0 Å². The van der Waals surface area contributed by atoms with Gasteiger partial charge in [-0.05, 0) is 6.42 Å². The molecule has 19 heavy (non-hydrogen) atoms. The van der Waals surface area contributed by atoms with E-state index in [4.69, 9.17) is 12.2 Å². The first-order valence-corrected chi connectivity index (χ1v) is 7.65. The van der Waals surface area contributed by atoms with Crippen LogP contribution in [0.15, 0.2) is 0 Å². The van der Waals surface area contributed by atoms with Crippen LogP contribution in [-0.2, 0) is 24.1 Å². The molecule has 0 spiro atoms. The minimum absolute atomic E-state index is 0. The Hall–Kier alpha value is 0.580. The van der Waals surface area contributed by atoms with Crippen LogP contribution in [0.2, 0.25) is 0 Å². The number of nitrogens with one attached hydrogen (secondary N) is 1. The number of thiocarbonyl (C=S) groups is 1. The quantitative estimate of drug-likeness (QED) is 0.124. The van der Waals surface area contributed by atoms with Crippen LogP contribution in [0, 0.1) is 0 Å². The smallest absolute Gasteiger partial charge is 0.726 e. The van der Waals surface area contributed by atoms with Crippen molar-refractivity contribution in [2.45, 2.75) is 12.8 Å². The Morgan fingerprint density at radius 1 is 1.47 bits per heavy atom. The molecule has 0 atom stereocenters. The van der Waals surface area contributed by atoms with Crippen molar-refractivity contribution in [3.05, 3.63) is 0 Å². The predicted octanol–water partition coefficient (Wildman–Crippen LogP) is -2.97. The molecule has 0 saturated carbocycles. The van der Waals surface area contributed by atoms with Gasteiger partial charge in [-0.15, -0.1) is 0 Å². The van der Waals surface area contributed by atoms with Gasteiger partial charge in [-0.25, -0.2) is 8.42 Å². The number of rotatable bonds is 8. The summed E-state index contributed by atoms with van der Waals surface area (Å²) in [6.45, 7) is 0.216. The van der Waals surface area contributed by atoms with Gasteiger partial charge in [0, 0.05) is 12.3 Å². The maximum atomic E-state index is 10.8. The molecular formula is C8H14NNaO6S3. The summed E-state index contributed by atoms with van der Waals surface area (Å²) in [5.41, 5.74) is 0. The first-order chi connectivity index (χ1) is 8.35. The third-order valence-corrected chi connectivity index (χ3v) is 3.43. The molecule has 1 N–H and O–H groups in total. The summed E-state index contributed by atoms with van der Waals surface area (Å²) < 4.78 is 39.2. The summed E-state index contributed by atoms with van der Waals surface area (Å²) in [7, 11) is -3.31. The van der Waals surface area contributed by atoms with Crippen LogP contribution >= 0.6 is 24.0 Å². The molecule has 0 radical (unpaired) electrons. The van der Waals surface area contributed by atoms with Crippen LogP contribution in [0.25, 0.3) is 0 Å². The minimum atomic E-state index is -4.61. The summed E-state index contributed by atoms with van der Waals surface area (Å²) in [5.74, 6) is 0.184. The van der Waals surface area contributed by atoms with E-state index < -0.39 is 10.4 Å². The number of carbonyl (C=O) groups is 1. The van der Waals surface area contributed by atoms with Crippen LogP contribution in [0.4, 0.5) is 0 Å². The second-order valence-electron chi connectivity index (χ2n) is 2.97. The van der Waals surface area contributed by atoms with E-state index in [9.17, 15) is 17.8 Å². The van der Waals surface area contributed by atoms with Crippen LogP contribution in [-0.4, -0.2) is 49.3 Å². The third-order valence-electron chi connectivity index (χ3n) is 1.58. The molecule has 0 heterocycles. The van der Waals surface area contributed by atoms with Crippen LogP contribution < -0.4 is 34.9 Å². The van der Waals surface area contributed by atoms with E-state index in [-0.39, 0.29) is 48.6 Å². The fourth-order valence-electron chi connectivity index (χ4n) is 0.804. The second-order valence-corrected chi connectivity index (χ2v) is 5.80. The molecule has 0 saturated heterocycles. The Bertz CT molecular complexity index is 375. The molecule has 11 heteroatoms. The fourth-order valence-corrected chi connectivity index (χ4v) is 2.13. The summed E-state index contributed by atoms with van der Waals surface area (Å²) in [6.07, 6.45) is 0.597. The van der Waals surface area contributed by atoms with E-state index in [0.717, 1.165) is 0 Å². The van der Waals surface area contributed by atoms with Crippen molar-refractivity contribution in [2.24, 2.45) is 0 Å². The number of methoxy groups -OCH3 is 1.